The molecule has 0 aromatic heterocycles. The Morgan fingerprint density at radius 1 is 1.27 bits per heavy atom. The zero-order valence-corrected chi connectivity index (χ0v) is 12.8. The molecule has 0 saturated heterocycles. The summed E-state index contributed by atoms with van der Waals surface area (Å²) in [5, 5.41) is 0.329. The molecule has 0 fully saturated rings. The number of halogens is 2. The quantitative estimate of drug-likeness (QED) is 0.758. The van der Waals surface area contributed by atoms with Crippen molar-refractivity contribution in [2.24, 2.45) is 0 Å². The van der Waals surface area contributed by atoms with Crippen LogP contribution in [0.1, 0.15) is 24.2 Å². The van der Waals surface area contributed by atoms with Gasteiger partial charge in [0.25, 0.3) is 0 Å². The second kappa shape index (κ2) is 5.75. The van der Waals surface area contributed by atoms with Crippen LogP contribution >= 0.6 is 11.6 Å². The van der Waals surface area contributed by atoms with Crippen LogP contribution in [0.15, 0.2) is 54.6 Å². The third kappa shape index (κ3) is 2.62. The first-order valence-corrected chi connectivity index (χ1v) is 7.28. The molecule has 0 aliphatic carbocycles. The van der Waals surface area contributed by atoms with Crippen molar-refractivity contribution >= 4 is 11.6 Å². The Kier molecular flexibility index (Phi) is 3.94. The van der Waals surface area contributed by atoms with Crippen molar-refractivity contribution in [1.29, 1.82) is 0 Å². The van der Waals surface area contributed by atoms with E-state index in [9.17, 15) is 4.39 Å². The lowest BCUT2D eigenvalue weighted by molar-refractivity contribution is -0.217. The summed E-state index contributed by atoms with van der Waals surface area (Å²) in [6.45, 7) is 5.40. The van der Waals surface area contributed by atoms with E-state index >= 15 is 0 Å². The lowest BCUT2D eigenvalue weighted by atomic mass is 10.0. The summed E-state index contributed by atoms with van der Waals surface area (Å²) in [5.41, 5.74) is 1.18. The van der Waals surface area contributed by atoms with Crippen LogP contribution in [-0.2, 0) is 10.5 Å². The Morgan fingerprint density at radius 2 is 2.05 bits per heavy atom. The molecule has 4 heteroatoms. The Balaban J connectivity index is 2.09. The van der Waals surface area contributed by atoms with Gasteiger partial charge >= 0.3 is 0 Å². The minimum absolute atomic E-state index is 0.300. The standard InChI is InChI=1S/C18H15ClFO2/c1-3-6-16-13-7-4-5-8-17(13)22-18(2,21-16)14-10-9-12(19)11-15(14)20/h3-11,16H,1H2,2H3/b6-3+. The summed E-state index contributed by atoms with van der Waals surface area (Å²) < 4.78 is 26.3. The fourth-order valence-corrected chi connectivity index (χ4v) is 2.75. The van der Waals surface area contributed by atoms with E-state index in [-0.39, 0.29) is 6.10 Å². The molecule has 0 amide bonds. The maximum atomic E-state index is 14.3. The Hall–Kier alpha value is -1.84. The van der Waals surface area contributed by atoms with Crippen LogP contribution in [0.4, 0.5) is 4.39 Å². The average Bonchev–Trinajstić information content (AvgIpc) is 2.47. The van der Waals surface area contributed by atoms with Gasteiger partial charge in [-0.15, -0.1) is 0 Å². The van der Waals surface area contributed by atoms with Gasteiger partial charge in [0.1, 0.15) is 17.7 Å². The normalized spacial score (nSPS) is 24.1. The lowest BCUT2D eigenvalue weighted by Crippen LogP contribution is -2.38. The number of para-hydroxylation sites is 1. The molecular formula is C18H15ClFO2. The van der Waals surface area contributed by atoms with Crippen LogP contribution in [0.5, 0.6) is 5.75 Å². The maximum Gasteiger partial charge on any atom is 0.238 e. The Labute approximate surface area is 134 Å². The van der Waals surface area contributed by atoms with E-state index in [1.165, 1.54) is 6.07 Å². The largest absolute Gasteiger partial charge is 0.458 e. The third-order valence-corrected chi connectivity index (χ3v) is 3.85. The molecule has 2 aromatic rings. The van der Waals surface area contributed by atoms with Gasteiger partial charge in [0.15, 0.2) is 0 Å². The van der Waals surface area contributed by atoms with Crippen LogP contribution in [-0.4, -0.2) is 0 Å². The van der Waals surface area contributed by atoms with Crippen molar-refractivity contribution in [2.45, 2.75) is 18.8 Å². The first kappa shape index (κ1) is 15.1. The van der Waals surface area contributed by atoms with Crippen molar-refractivity contribution in [3.8, 4) is 5.75 Å². The van der Waals surface area contributed by atoms with E-state index < -0.39 is 11.6 Å². The molecule has 1 aliphatic rings. The summed E-state index contributed by atoms with van der Waals surface area (Å²) in [4.78, 5) is 0. The molecule has 0 spiro atoms. The second-order valence-electron chi connectivity index (χ2n) is 5.18. The molecule has 2 nitrogen and oxygen atoms in total. The van der Waals surface area contributed by atoms with E-state index in [1.807, 2.05) is 30.3 Å². The van der Waals surface area contributed by atoms with Gasteiger partial charge in [-0.2, -0.15) is 0 Å². The summed E-state index contributed by atoms with van der Waals surface area (Å²) in [5.74, 6) is -1.05. The van der Waals surface area contributed by atoms with E-state index in [0.29, 0.717) is 16.3 Å². The number of hydrogen-bond donors (Lipinski definition) is 0. The minimum Gasteiger partial charge on any atom is -0.458 e. The van der Waals surface area contributed by atoms with E-state index in [2.05, 4.69) is 6.92 Å². The number of fused-ring (bicyclic) bond motifs is 1. The predicted molar refractivity (Wildman–Crippen MR) is 84.2 cm³/mol. The average molecular weight is 318 g/mol. The highest BCUT2D eigenvalue weighted by molar-refractivity contribution is 6.30. The van der Waals surface area contributed by atoms with Crippen LogP contribution < -0.4 is 4.74 Å². The van der Waals surface area contributed by atoms with Gasteiger partial charge < -0.3 is 9.47 Å². The van der Waals surface area contributed by atoms with E-state index in [0.717, 1.165) is 5.56 Å². The molecule has 1 heterocycles. The van der Waals surface area contributed by atoms with Crippen LogP contribution in [0, 0.1) is 12.7 Å². The molecule has 3 rings (SSSR count). The lowest BCUT2D eigenvalue weighted by Gasteiger charge is -2.39. The molecule has 2 aromatic carbocycles. The van der Waals surface area contributed by atoms with Gasteiger partial charge in [0.2, 0.25) is 5.79 Å². The van der Waals surface area contributed by atoms with Crippen molar-refractivity contribution in [1.82, 2.24) is 0 Å². The van der Waals surface area contributed by atoms with Crippen LogP contribution in [0.25, 0.3) is 0 Å². The number of benzene rings is 2. The molecule has 2 atom stereocenters. The summed E-state index contributed by atoms with van der Waals surface area (Å²) in [7, 11) is 0. The zero-order chi connectivity index (χ0) is 15.7. The van der Waals surface area contributed by atoms with E-state index in [4.69, 9.17) is 21.1 Å². The Morgan fingerprint density at radius 3 is 2.77 bits per heavy atom. The smallest absolute Gasteiger partial charge is 0.238 e. The number of allylic oxidation sites excluding steroid dienone is 1. The molecular weight excluding hydrogens is 303 g/mol. The topological polar surface area (TPSA) is 18.5 Å². The predicted octanol–water partition coefficient (Wildman–Crippen LogP) is 5.19. The molecule has 0 bridgehead atoms. The first-order valence-electron chi connectivity index (χ1n) is 6.91. The fraction of sp³-hybridized carbons (Fsp3) is 0.167. The van der Waals surface area contributed by atoms with Gasteiger partial charge in [0, 0.05) is 17.5 Å². The maximum absolute atomic E-state index is 14.3. The van der Waals surface area contributed by atoms with Gasteiger partial charge in [-0.1, -0.05) is 42.0 Å². The summed E-state index contributed by atoms with van der Waals surface area (Å²) >= 11 is 5.82. The molecule has 1 radical (unpaired) electrons. The van der Waals surface area contributed by atoms with Crippen molar-refractivity contribution in [3.05, 3.63) is 83.5 Å². The van der Waals surface area contributed by atoms with Gasteiger partial charge in [-0.05, 0) is 31.2 Å². The molecule has 113 valence electrons. The van der Waals surface area contributed by atoms with Crippen molar-refractivity contribution < 1.29 is 13.9 Å². The highest BCUT2D eigenvalue weighted by atomic mass is 35.5. The highest BCUT2D eigenvalue weighted by Gasteiger charge is 2.40. The molecule has 1 aliphatic heterocycles. The SMILES string of the molecule is [CH2]/C=C/C1OC(C)(c2ccc(Cl)cc2F)Oc2ccccc21. The third-order valence-electron chi connectivity index (χ3n) is 3.61. The molecule has 2 unspecified atom stereocenters. The van der Waals surface area contributed by atoms with Crippen LogP contribution in [0.2, 0.25) is 5.02 Å². The number of ether oxygens (including phenoxy) is 2. The summed E-state index contributed by atoms with van der Waals surface area (Å²) in [6, 6.07) is 12.0. The van der Waals surface area contributed by atoms with Crippen LogP contribution in [0.3, 0.4) is 0 Å². The Bertz CT molecular complexity index is 729. The molecule has 0 saturated carbocycles. The first-order chi connectivity index (χ1) is 10.5. The zero-order valence-electron chi connectivity index (χ0n) is 12.1. The van der Waals surface area contributed by atoms with Crippen molar-refractivity contribution in [3.63, 3.8) is 0 Å². The van der Waals surface area contributed by atoms with E-state index in [1.54, 1.807) is 25.1 Å². The molecule has 22 heavy (non-hydrogen) atoms. The number of hydrogen-bond acceptors (Lipinski definition) is 2. The van der Waals surface area contributed by atoms with Gasteiger partial charge in [-0.3, -0.25) is 0 Å². The summed E-state index contributed by atoms with van der Waals surface area (Å²) in [6.07, 6.45) is 3.11. The second-order valence-corrected chi connectivity index (χ2v) is 5.61. The van der Waals surface area contributed by atoms with Gasteiger partial charge in [-0.25, -0.2) is 4.39 Å². The van der Waals surface area contributed by atoms with Crippen molar-refractivity contribution in [2.75, 3.05) is 0 Å². The number of rotatable bonds is 2. The highest BCUT2D eigenvalue weighted by Crippen LogP contribution is 2.44. The van der Waals surface area contributed by atoms with Gasteiger partial charge in [0.05, 0.1) is 5.56 Å². The monoisotopic (exact) mass is 317 g/mol. The fourth-order valence-electron chi connectivity index (χ4n) is 2.59. The molecule has 0 N–H and O–H groups in total. The minimum atomic E-state index is -1.24.